The lowest BCUT2D eigenvalue weighted by Gasteiger charge is -2.32. The molecule has 27 heavy (non-hydrogen) atoms. The molecule has 1 fully saturated rings. The second-order valence-electron chi connectivity index (χ2n) is 6.69. The van der Waals surface area contributed by atoms with Gasteiger partial charge in [0.2, 0.25) is 11.1 Å². The van der Waals surface area contributed by atoms with Crippen molar-refractivity contribution < 1.29 is 4.79 Å². The predicted octanol–water partition coefficient (Wildman–Crippen LogP) is 3.14. The number of carbonyl (C=O) groups is 1. The maximum atomic E-state index is 12.6. The van der Waals surface area contributed by atoms with Crippen LogP contribution in [0.25, 0.3) is 11.4 Å². The summed E-state index contributed by atoms with van der Waals surface area (Å²) in [4.78, 5) is 12.6. The van der Waals surface area contributed by atoms with Gasteiger partial charge in [-0.05, 0) is 31.9 Å². The zero-order valence-electron chi connectivity index (χ0n) is 15.0. The fourth-order valence-corrected chi connectivity index (χ4v) is 4.11. The molecule has 142 valence electrons. The van der Waals surface area contributed by atoms with Crippen molar-refractivity contribution in [1.29, 1.82) is 5.26 Å². The Bertz CT molecular complexity index is 871. The van der Waals surface area contributed by atoms with Crippen molar-refractivity contribution >= 4 is 29.3 Å². The van der Waals surface area contributed by atoms with Gasteiger partial charge in [0.15, 0.2) is 5.82 Å². The number of nitrogens with zero attached hydrogens (tertiary/aromatic N) is 4. The van der Waals surface area contributed by atoms with Gasteiger partial charge in [0.25, 0.3) is 0 Å². The number of aromatic nitrogens is 3. The Balaban J connectivity index is 1.70. The normalized spacial score (nSPS) is 17.1. The number of thioether (sulfide) groups is 1. The minimum absolute atomic E-state index is 0.198. The van der Waals surface area contributed by atoms with Crippen molar-refractivity contribution in [3.63, 3.8) is 0 Å². The van der Waals surface area contributed by atoms with Gasteiger partial charge in [-0.15, -0.1) is 10.2 Å². The first-order valence-corrected chi connectivity index (χ1v) is 10.1. The maximum absolute atomic E-state index is 12.6. The van der Waals surface area contributed by atoms with Crippen molar-refractivity contribution in [2.24, 2.45) is 0 Å². The van der Waals surface area contributed by atoms with Gasteiger partial charge in [-0.2, -0.15) is 5.26 Å². The van der Waals surface area contributed by atoms with Gasteiger partial charge >= 0.3 is 0 Å². The van der Waals surface area contributed by atoms with Crippen molar-refractivity contribution in [2.45, 2.75) is 55.0 Å². The fraction of sp³-hybridized carbons (Fsp3) is 0.444. The number of carbonyl (C=O) groups excluding carboxylic acids is 1. The molecule has 1 aromatic carbocycles. The van der Waals surface area contributed by atoms with Gasteiger partial charge < -0.3 is 11.2 Å². The summed E-state index contributed by atoms with van der Waals surface area (Å²) in [7, 11) is 0. The second kappa shape index (κ2) is 8.19. The molecule has 0 radical (unpaired) electrons. The van der Waals surface area contributed by atoms with Crippen LogP contribution in [0.4, 0.5) is 0 Å². The van der Waals surface area contributed by atoms with E-state index in [1.807, 2.05) is 6.07 Å². The van der Waals surface area contributed by atoms with Crippen LogP contribution in [0.5, 0.6) is 0 Å². The molecular weight excluding hydrogens is 384 g/mol. The summed E-state index contributed by atoms with van der Waals surface area (Å²) in [5.74, 6) is 6.38. The molecule has 2 aromatic rings. The molecule has 1 amide bonds. The number of halogens is 1. The number of amides is 1. The SMILES string of the molecule is C[C@@H](Sc1nnc(-c2cccc(Cl)c2)n1N)C(=O)NC1(C#N)CCCCC1. The lowest BCUT2D eigenvalue weighted by atomic mass is 9.83. The Morgan fingerprint density at radius 2 is 2.15 bits per heavy atom. The highest BCUT2D eigenvalue weighted by molar-refractivity contribution is 8.00. The van der Waals surface area contributed by atoms with Crippen molar-refractivity contribution in [3.05, 3.63) is 29.3 Å². The number of rotatable bonds is 5. The third kappa shape index (κ3) is 4.37. The Morgan fingerprint density at radius 3 is 2.81 bits per heavy atom. The third-order valence-electron chi connectivity index (χ3n) is 4.68. The molecule has 3 rings (SSSR count). The molecule has 0 spiro atoms. The molecule has 0 bridgehead atoms. The molecule has 1 aromatic heterocycles. The molecule has 1 heterocycles. The van der Waals surface area contributed by atoms with E-state index in [4.69, 9.17) is 17.4 Å². The summed E-state index contributed by atoms with van der Waals surface area (Å²) in [6.07, 6.45) is 4.40. The van der Waals surface area contributed by atoms with Crippen LogP contribution in [0.3, 0.4) is 0 Å². The Hall–Kier alpha value is -2.24. The number of hydrogen-bond donors (Lipinski definition) is 2. The van der Waals surface area contributed by atoms with E-state index in [2.05, 4.69) is 21.6 Å². The number of hydrogen-bond acceptors (Lipinski definition) is 6. The zero-order chi connectivity index (χ0) is 19.4. The first-order valence-electron chi connectivity index (χ1n) is 8.80. The number of nitriles is 1. The van der Waals surface area contributed by atoms with E-state index in [9.17, 15) is 10.1 Å². The molecule has 9 heteroatoms. The van der Waals surface area contributed by atoms with Crippen molar-refractivity contribution in [3.8, 4) is 17.5 Å². The molecule has 0 unspecified atom stereocenters. The topological polar surface area (TPSA) is 110 Å². The molecule has 0 saturated heterocycles. The highest BCUT2D eigenvalue weighted by Crippen LogP contribution is 2.30. The monoisotopic (exact) mass is 404 g/mol. The van der Waals surface area contributed by atoms with E-state index >= 15 is 0 Å². The van der Waals surface area contributed by atoms with Gasteiger partial charge in [0.05, 0.1) is 11.3 Å². The molecule has 1 aliphatic carbocycles. The highest BCUT2D eigenvalue weighted by atomic mass is 35.5. The summed E-state index contributed by atoms with van der Waals surface area (Å²) < 4.78 is 1.35. The van der Waals surface area contributed by atoms with Crippen LogP contribution in [-0.2, 0) is 4.79 Å². The average molecular weight is 405 g/mol. The largest absolute Gasteiger partial charge is 0.337 e. The summed E-state index contributed by atoms with van der Waals surface area (Å²) in [5.41, 5.74) is -0.0148. The van der Waals surface area contributed by atoms with Crippen LogP contribution in [0, 0.1) is 11.3 Å². The number of nitrogen functional groups attached to an aromatic ring is 1. The minimum Gasteiger partial charge on any atom is -0.337 e. The summed E-state index contributed by atoms with van der Waals surface area (Å²) in [5, 5.41) is 21.2. The van der Waals surface area contributed by atoms with Crippen LogP contribution in [-0.4, -0.2) is 31.6 Å². The Kier molecular flexibility index (Phi) is 5.92. The standard InChI is InChI=1S/C18H21ClN6OS/c1-12(16(26)22-18(11-20)8-3-2-4-9-18)27-17-24-23-15(25(17)21)13-6-5-7-14(19)10-13/h5-7,10,12H,2-4,8-9,21H2,1H3,(H,22,26)/t12-/m1/s1. The van der Waals surface area contributed by atoms with Crippen LogP contribution < -0.4 is 11.2 Å². The van der Waals surface area contributed by atoms with Crippen LogP contribution in [0.15, 0.2) is 29.4 Å². The van der Waals surface area contributed by atoms with E-state index < -0.39 is 10.8 Å². The van der Waals surface area contributed by atoms with E-state index in [1.165, 1.54) is 16.4 Å². The summed E-state index contributed by atoms with van der Waals surface area (Å²) in [6.45, 7) is 1.77. The first-order chi connectivity index (χ1) is 12.9. The molecule has 0 aliphatic heterocycles. The van der Waals surface area contributed by atoms with Crippen LogP contribution in [0.2, 0.25) is 5.02 Å². The lowest BCUT2D eigenvalue weighted by Crippen LogP contribution is -2.51. The number of nitrogens with two attached hydrogens (primary N) is 1. The Morgan fingerprint density at radius 1 is 1.41 bits per heavy atom. The molecular formula is C18H21ClN6OS. The van der Waals surface area contributed by atoms with E-state index in [0.29, 0.717) is 28.8 Å². The molecule has 7 nitrogen and oxygen atoms in total. The van der Waals surface area contributed by atoms with Crippen molar-refractivity contribution in [1.82, 2.24) is 20.2 Å². The number of benzene rings is 1. The molecule has 1 aliphatic rings. The van der Waals surface area contributed by atoms with E-state index in [0.717, 1.165) is 24.8 Å². The van der Waals surface area contributed by atoms with E-state index in [-0.39, 0.29) is 5.91 Å². The van der Waals surface area contributed by atoms with Gasteiger partial charge in [-0.25, -0.2) is 4.68 Å². The zero-order valence-corrected chi connectivity index (χ0v) is 16.6. The smallest absolute Gasteiger partial charge is 0.234 e. The summed E-state index contributed by atoms with van der Waals surface area (Å²) >= 11 is 7.22. The summed E-state index contributed by atoms with van der Waals surface area (Å²) in [6, 6.07) is 9.45. The van der Waals surface area contributed by atoms with Gasteiger partial charge in [0.1, 0.15) is 5.54 Å². The third-order valence-corrected chi connectivity index (χ3v) is 5.97. The maximum Gasteiger partial charge on any atom is 0.234 e. The van der Waals surface area contributed by atoms with Gasteiger partial charge in [-0.3, -0.25) is 4.79 Å². The van der Waals surface area contributed by atoms with Gasteiger partial charge in [-0.1, -0.05) is 54.8 Å². The van der Waals surface area contributed by atoms with Crippen molar-refractivity contribution in [2.75, 3.05) is 5.84 Å². The minimum atomic E-state index is -0.757. The highest BCUT2D eigenvalue weighted by Gasteiger charge is 2.35. The quantitative estimate of drug-likeness (QED) is 0.585. The average Bonchev–Trinajstić information content (AvgIpc) is 3.03. The van der Waals surface area contributed by atoms with Crippen LogP contribution >= 0.6 is 23.4 Å². The fourth-order valence-electron chi connectivity index (χ4n) is 3.15. The van der Waals surface area contributed by atoms with Crippen LogP contribution in [0.1, 0.15) is 39.0 Å². The first kappa shape index (κ1) is 19.5. The lowest BCUT2D eigenvalue weighted by molar-refractivity contribution is -0.121. The molecule has 1 saturated carbocycles. The Labute approximate surface area is 167 Å². The number of nitrogens with one attached hydrogen (secondary N) is 1. The second-order valence-corrected chi connectivity index (χ2v) is 8.43. The predicted molar refractivity (Wildman–Crippen MR) is 106 cm³/mol. The molecule has 3 N–H and O–H groups in total. The van der Waals surface area contributed by atoms with E-state index in [1.54, 1.807) is 25.1 Å². The van der Waals surface area contributed by atoms with Gasteiger partial charge in [0, 0.05) is 10.6 Å². The molecule has 1 atom stereocenters.